The molecule has 0 saturated carbocycles. The van der Waals surface area contributed by atoms with E-state index in [1.54, 1.807) is 17.8 Å². The first kappa shape index (κ1) is 21.8. The predicted molar refractivity (Wildman–Crippen MR) is 127 cm³/mol. The molecular formula is C21H18N2O4S4. The summed E-state index contributed by atoms with van der Waals surface area (Å²) in [4.78, 5) is 20.5. The molecule has 0 unspecified atom stereocenters. The molecule has 3 aromatic heterocycles. The van der Waals surface area contributed by atoms with Crippen molar-refractivity contribution in [2.45, 2.75) is 9.10 Å². The molecule has 6 nitrogen and oxygen atoms in total. The van der Waals surface area contributed by atoms with Crippen LogP contribution in [0.2, 0.25) is 0 Å². The van der Waals surface area contributed by atoms with Crippen LogP contribution in [-0.4, -0.2) is 44.0 Å². The molecule has 0 spiro atoms. The van der Waals surface area contributed by atoms with Crippen LogP contribution < -0.4 is 0 Å². The number of thioether (sulfide) groups is 1. The number of aromatic nitrogens is 2. The lowest BCUT2D eigenvalue weighted by atomic mass is 10.1. The number of thiophene rings is 1. The van der Waals surface area contributed by atoms with E-state index in [9.17, 15) is 13.2 Å². The third-order valence-corrected chi connectivity index (χ3v) is 8.80. The van der Waals surface area contributed by atoms with Crippen molar-refractivity contribution in [3.8, 4) is 33.1 Å². The van der Waals surface area contributed by atoms with Crippen molar-refractivity contribution in [2.24, 2.45) is 0 Å². The first-order chi connectivity index (χ1) is 14.8. The van der Waals surface area contributed by atoms with Crippen LogP contribution in [0.5, 0.6) is 0 Å². The lowest BCUT2D eigenvalue weighted by Gasteiger charge is -2.01. The molecule has 160 valence electrons. The number of thiazole rings is 1. The van der Waals surface area contributed by atoms with Crippen LogP contribution in [0, 0.1) is 0 Å². The van der Waals surface area contributed by atoms with Gasteiger partial charge in [-0.3, -0.25) is 0 Å². The smallest absolute Gasteiger partial charge is 0.348 e. The minimum absolute atomic E-state index is 0.266. The fourth-order valence-corrected chi connectivity index (χ4v) is 6.35. The van der Waals surface area contributed by atoms with Gasteiger partial charge in [-0.1, -0.05) is 24.3 Å². The molecule has 0 amide bonds. The SMILES string of the molecule is COC(=O)c1cc(-c2nc(-c3ccc(-c4cc(S(C)(=O)=O)c[nH]4)cc3)cs2)c(SC)s1. The summed E-state index contributed by atoms with van der Waals surface area (Å²) in [6.45, 7) is 0. The molecule has 0 bridgehead atoms. The number of carbonyl (C=O) groups is 1. The third-order valence-electron chi connectivity index (χ3n) is 4.58. The van der Waals surface area contributed by atoms with E-state index in [1.165, 1.54) is 42.2 Å². The lowest BCUT2D eigenvalue weighted by molar-refractivity contribution is 0.0606. The summed E-state index contributed by atoms with van der Waals surface area (Å²) in [5.41, 5.74) is 4.36. The van der Waals surface area contributed by atoms with E-state index in [0.717, 1.165) is 37.3 Å². The van der Waals surface area contributed by atoms with E-state index in [2.05, 4.69) is 4.98 Å². The number of aromatic amines is 1. The average molecular weight is 491 g/mol. The Balaban J connectivity index is 1.61. The number of H-pyrrole nitrogens is 1. The van der Waals surface area contributed by atoms with Crippen LogP contribution in [0.1, 0.15) is 9.67 Å². The second kappa shape index (κ2) is 8.62. The number of nitrogens with one attached hydrogen (secondary N) is 1. The Morgan fingerprint density at radius 3 is 2.48 bits per heavy atom. The number of hydrogen-bond donors (Lipinski definition) is 1. The third kappa shape index (κ3) is 4.47. The van der Waals surface area contributed by atoms with Gasteiger partial charge in [0.2, 0.25) is 0 Å². The van der Waals surface area contributed by atoms with Crippen LogP contribution in [0.25, 0.3) is 33.1 Å². The van der Waals surface area contributed by atoms with E-state index >= 15 is 0 Å². The molecule has 0 aliphatic heterocycles. The molecule has 31 heavy (non-hydrogen) atoms. The molecule has 4 aromatic rings. The van der Waals surface area contributed by atoms with Gasteiger partial charge in [-0.15, -0.1) is 34.4 Å². The highest BCUT2D eigenvalue weighted by atomic mass is 32.2. The maximum absolute atomic E-state index is 11.9. The first-order valence-electron chi connectivity index (χ1n) is 9.01. The van der Waals surface area contributed by atoms with E-state index in [4.69, 9.17) is 9.72 Å². The fraction of sp³-hybridized carbons (Fsp3) is 0.143. The van der Waals surface area contributed by atoms with Gasteiger partial charge < -0.3 is 9.72 Å². The normalized spacial score (nSPS) is 11.6. The Hall–Kier alpha value is -2.40. The monoisotopic (exact) mass is 490 g/mol. The van der Waals surface area contributed by atoms with Crippen LogP contribution in [0.3, 0.4) is 0 Å². The number of benzene rings is 1. The van der Waals surface area contributed by atoms with Crippen molar-refractivity contribution in [1.82, 2.24) is 9.97 Å². The molecule has 4 rings (SSSR count). The van der Waals surface area contributed by atoms with Gasteiger partial charge >= 0.3 is 5.97 Å². The summed E-state index contributed by atoms with van der Waals surface area (Å²) >= 11 is 4.51. The Labute approximate surface area is 192 Å². The second-order valence-corrected chi connectivity index (χ2v) is 11.6. The molecule has 0 aliphatic carbocycles. The van der Waals surface area contributed by atoms with Crippen molar-refractivity contribution >= 4 is 50.2 Å². The summed E-state index contributed by atoms with van der Waals surface area (Å²) in [6, 6.07) is 11.2. The predicted octanol–water partition coefficient (Wildman–Crippen LogP) is 5.45. The molecular weight excluding hydrogens is 473 g/mol. The van der Waals surface area contributed by atoms with Crippen LogP contribution >= 0.6 is 34.4 Å². The van der Waals surface area contributed by atoms with Crippen LogP contribution in [0.4, 0.5) is 0 Å². The number of sulfone groups is 1. The Morgan fingerprint density at radius 2 is 1.87 bits per heavy atom. The molecule has 1 aromatic carbocycles. The molecule has 0 atom stereocenters. The topological polar surface area (TPSA) is 89.1 Å². The minimum Gasteiger partial charge on any atom is -0.465 e. The van der Waals surface area contributed by atoms with Crippen LogP contribution in [-0.2, 0) is 14.6 Å². The summed E-state index contributed by atoms with van der Waals surface area (Å²) in [6.07, 6.45) is 4.66. The number of methoxy groups -OCH3 is 1. The first-order valence-corrected chi connectivity index (χ1v) is 13.8. The molecule has 0 aliphatic rings. The Morgan fingerprint density at radius 1 is 1.16 bits per heavy atom. The van der Waals surface area contributed by atoms with Gasteiger partial charge in [0.25, 0.3) is 0 Å². The summed E-state index contributed by atoms with van der Waals surface area (Å²) < 4.78 is 29.2. The number of carbonyl (C=O) groups excluding carboxylic acids is 1. The zero-order valence-corrected chi connectivity index (χ0v) is 20.1. The Bertz CT molecular complexity index is 1350. The van der Waals surface area contributed by atoms with Crippen LogP contribution in [0.15, 0.2) is 57.1 Å². The quantitative estimate of drug-likeness (QED) is 0.286. The maximum Gasteiger partial charge on any atom is 0.348 e. The minimum atomic E-state index is -3.25. The number of rotatable bonds is 6. The van der Waals surface area contributed by atoms with Crippen molar-refractivity contribution in [3.05, 3.63) is 52.9 Å². The highest BCUT2D eigenvalue weighted by molar-refractivity contribution is 8.00. The zero-order valence-electron chi connectivity index (χ0n) is 16.8. The van der Waals surface area contributed by atoms with Gasteiger partial charge in [-0.2, -0.15) is 0 Å². The highest BCUT2D eigenvalue weighted by Gasteiger charge is 2.18. The van der Waals surface area contributed by atoms with E-state index in [-0.39, 0.29) is 10.9 Å². The Kier molecular flexibility index (Phi) is 6.07. The summed E-state index contributed by atoms with van der Waals surface area (Å²) in [7, 11) is -1.87. The van der Waals surface area contributed by atoms with Gasteiger partial charge in [0.05, 0.1) is 21.9 Å². The maximum atomic E-state index is 11.9. The van der Waals surface area contributed by atoms with Crippen molar-refractivity contribution in [3.63, 3.8) is 0 Å². The zero-order chi connectivity index (χ0) is 22.2. The molecule has 1 N–H and O–H groups in total. The summed E-state index contributed by atoms with van der Waals surface area (Å²) in [5, 5.41) is 2.83. The van der Waals surface area contributed by atoms with Crippen molar-refractivity contribution < 1.29 is 17.9 Å². The summed E-state index contributed by atoms with van der Waals surface area (Å²) in [5.74, 6) is -0.345. The molecule has 3 heterocycles. The number of esters is 1. The van der Waals surface area contributed by atoms with E-state index in [1.807, 2.05) is 42.0 Å². The lowest BCUT2D eigenvalue weighted by Crippen LogP contribution is -1.96. The number of ether oxygens (including phenoxy) is 1. The van der Waals surface area contributed by atoms with Crippen molar-refractivity contribution in [1.29, 1.82) is 0 Å². The van der Waals surface area contributed by atoms with Gasteiger partial charge in [-0.05, 0) is 24.0 Å². The standard InChI is InChI=1S/C21H18N2O4S4/c1-27-20(24)18-9-15(21(28-2)30-18)19-23-17(11-29-19)13-6-4-12(5-7-13)16-8-14(10-22-16)31(3,25)26/h4-11,22H,1-3H3. The van der Waals surface area contributed by atoms with Gasteiger partial charge in [0.1, 0.15) is 9.88 Å². The van der Waals surface area contributed by atoms with Gasteiger partial charge in [0.15, 0.2) is 9.84 Å². The molecule has 0 fully saturated rings. The fourth-order valence-electron chi connectivity index (χ4n) is 2.98. The average Bonchev–Trinajstić information content (AvgIpc) is 3.51. The molecule has 0 saturated heterocycles. The van der Waals surface area contributed by atoms with Gasteiger partial charge in [0, 0.05) is 34.7 Å². The van der Waals surface area contributed by atoms with E-state index < -0.39 is 9.84 Å². The molecule has 0 radical (unpaired) electrons. The highest BCUT2D eigenvalue weighted by Crippen LogP contribution is 2.40. The number of hydrogen-bond acceptors (Lipinski definition) is 8. The van der Waals surface area contributed by atoms with Gasteiger partial charge in [-0.25, -0.2) is 18.2 Å². The molecule has 10 heteroatoms. The second-order valence-electron chi connectivity index (χ2n) is 6.64. The number of nitrogens with zero attached hydrogens (tertiary/aromatic N) is 1. The van der Waals surface area contributed by atoms with Crippen molar-refractivity contribution in [2.75, 3.05) is 19.6 Å². The largest absolute Gasteiger partial charge is 0.465 e. The van der Waals surface area contributed by atoms with E-state index in [0.29, 0.717) is 4.88 Å².